The molecule has 3 saturated heterocycles. The number of hydrogen-bond acceptors (Lipinski definition) is 4. The molecule has 2 atom stereocenters. The Labute approximate surface area is 143 Å². The molecule has 0 aromatic carbocycles. The maximum absolute atomic E-state index is 12.4. The second-order valence-corrected chi connectivity index (χ2v) is 8.10. The van der Waals surface area contributed by atoms with Crippen molar-refractivity contribution in [3.05, 3.63) is 0 Å². The van der Waals surface area contributed by atoms with Gasteiger partial charge in [-0.3, -0.25) is 14.5 Å². The van der Waals surface area contributed by atoms with Crippen molar-refractivity contribution in [2.75, 3.05) is 39.4 Å². The summed E-state index contributed by atoms with van der Waals surface area (Å²) in [5.74, 6) is 0.0862. The summed E-state index contributed by atoms with van der Waals surface area (Å²) in [6.07, 6.45) is 5.90. The van der Waals surface area contributed by atoms with Gasteiger partial charge < -0.3 is 14.7 Å². The van der Waals surface area contributed by atoms with Gasteiger partial charge in [0.1, 0.15) is 0 Å². The molecule has 3 heterocycles. The van der Waals surface area contributed by atoms with Gasteiger partial charge in [-0.2, -0.15) is 0 Å². The fraction of sp³-hybridized carbons (Fsp3) is 0.889. The van der Waals surface area contributed by atoms with Crippen LogP contribution in [0.2, 0.25) is 0 Å². The van der Waals surface area contributed by atoms with Gasteiger partial charge >= 0.3 is 5.97 Å². The van der Waals surface area contributed by atoms with Crippen LogP contribution in [0, 0.1) is 17.3 Å². The highest BCUT2D eigenvalue weighted by atomic mass is 16.5. The third kappa shape index (κ3) is 2.64. The van der Waals surface area contributed by atoms with Crippen molar-refractivity contribution in [1.82, 2.24) is 9.80 Å². The van der Waals surface area contributed by atoms with Crippen molar-refractivity contribution in [2.45, 2.75) is 44.6 Å². The van der Waals surface area contributed by atoms with Gasteiger partial charge in [0.2, 0.25) is 5.91 Å². The van der Waals surface area contributed by atoms with Gasteiger partial charge in [-0.15, -0.1) is 0 Å². The smallest absolute Gasteiger partial charge is 0.311 e. The first-order valence-corrected chi connectivity index (χ1v) is 9.44. The van der Waals surface area contributed by atoms with Crippen molar-refractivity contribution in [3.63, 3.8) is 0 Å². The van der Waals surface area contributed by atoms with Crippen LogP contribution in [-0.2, 0) is 14.3 Å². The van der Waals surface area contributed by atoms with E-state index >= 15 is 0 Å². The number of hydrogen-bond donors (Lipinski definition) is 1. The Hall–Kier alpha value is -1.14. The van der Waals surface area contributed by atoms with Crippen LogP contribution in [0.1, 0.15) is 38.5 Å². The van der Waals surface area contributed by atoms with Gasteiger partial charge in [0.15, 0.2) is 0 Å². The van der Waals surface area contributed by atoms with Crippen LogP contribution in [0.15, 0.2) is 0 Å². The van der Waals surface area contributed by atoms with E-state index in [1.54, 1.807) is 0 Å². The van der Waals surface area contributed by atoms with Gasteiger partial charge in [-0.1, -0.05) is 6.42 Å². The third-order valence-corrected chi connectivity index (χ3v) is 6.91. The molecule has 0 bridgehead atoms. The Morgan fingerprint density at radius 2 is 1.88 bits per heavy atom. The second-order valence-electron chi connectivity index (χ2n) is 8.10. The molecule has 4 rings (SSSR count). The zero-order chi connectivity index (χ0) is 16.7. The lowest BCUT2D eigenvalue weighted by Crippen LogP contribution is -2.49. The van der Waals surface area contributed by atoms with Crippen LogP contribution in [0.5, 0.6) is 0 Å². The van der Waals surface area contributed by atoms with Crippen LogP contribution >= 0.6 is 0 Å². The van der Waals surface area contributed by atoms with E-state index in [1.807, 2.05) is 4.90 Å². The number of likely N-dealkylation sites (tertiary alicyclic amines) is 2. The van der Waals surface area contributed by atoms with E-state index in [1.165, 1.54) is 6.42 Å². The molecule has 0 aromatic heterocycles. The van der Waals surface area contributed by atoms with Gasteiger partial charge in [-0.05, 0) is 32.1 Å². The lowest BCUT2D eigenvalue weighted by Gasteiger charge is -2.39. The van der Waals surface area contributed by atoms with Crippen molar-refractivity contribution in [1.29, 1.82) is 0 Å². The Morgan fingerprint density at radius 1 is 1.12 bits per heavy atom. The largest absolute Gasteiger partial charge is 0.481 e. The number of amides is 1. The average Bonchev–Trinajstić information content (AvgIpc) is 2.94. The SMILES string of the molecule is O=C(C1CCC1)N1CCC(N2C[C@@H]3COCC[C@]3(C(=O)O)C2)CC1. The number of ether oxygens (including phenoxy) is 1. The van der Waals surface area contributed by atoms with Gasteiger partial charge in [-0.25, -0.2) is 0 Å². The summed E-state index contributed by atoms with van der Waals surface area (Å²) >= 11 is 0. The monoisotopic (exact) mass is 336 g/mol. The summed E-state index contributed by atoms with van der Waals surface area (Å²) in [5.41, 5.74) is -0.614. The summed E-state index contributed by atoms with van der Waals surface area (Å²) in [6, 6.07) is 0.414. The zero-order valence-electron chi connectivity index (χ0n) is 14.3. The predicted octanol–water partition coefficient (Wildman–Crippen LogP) is 1.20. The second kappa shape index (κ2) is 6.30. The summed E-state index contributed by atoms with van der Waals surface area (Å²) in [7, 11) is 0. The molecule has 1 aliphatic carbocycles. The molecular weight excluding hydrogens is 308 g/mol. The lowest BCUT2D eigenvalue weighted by atomic mass is 9.74. The maximum Gasteiger partial charge on any atom is 0.311 e. The highest BCUT2D eigenvalue weighted by Gasteiger charge is 2.55. The average molecular weight is 336 g/mol. The molecule has 0 aromatic rings. The number of aliphatic carboxylic acids is 1. The van der Waals surface area contributed by atoms with E-state index in [0.717, 1.165) is 45.3 Å². The van der Waals surface area contributed by atoms with Gasteiger partial charge in [0.25, 0.3) is 0 Å². The quantitative estimate of drug-likeness (QED) is 0.839. The lowest BCUT2D eigenvalue weighted by molar-refractivity contribution is -0.157. The Kier molecular flexibility index (Phi) is 4.29. The van der Waals surface area contributed by atoms with Crippen LogP contribution in [0.3, 0.4) is 0 Å². The number of fused-ring (bicyclic) bond motifs is 1. The zero-order valence-corrected chi connectivity index (χ0v) is 14.3. The predicted molar refractivity (Wildman–Crippen MR) is 87.5 cm³/mol. The molecule has 0 spiro atoms. The molecule has 0 radical (unpaired) electrons. The van der Waals surface area contributed by atoms with E-state index in [0.29, 0.717) is 38.1 Å². The van der Waals surface area contributed by atoms with Crippen LogP contribution in [0.25, 0.3) is 0 Å². The number of carbonyl (C=O) groups excluding carboxylic acids is 1. The number of piperidine rings is 1. The molecule has 134 valence electrons. The minimum atomic E-state index is -0.657. The van der Waals surface area contributed by atoms with E-state index in [4.69, 9.17) is 4.74 Å². The van der Waals surface area contributed by atoms with E-state index in [2.05, 4.69) is 4.90 Å². The standard InChI is InChI=1S/C18H28N2O4/c21-16(13-2-1-3-13)19-7-4-15(5-8-19)20-10-14-11-24-9-6-18(14,12-20)17(22)23/h13-15H,1-12H2,(H,22,23)/t14-,18+/m1/s1. The van der Waals surface area contributed by atoms with Crippen molar-refractivity contribution >= 4 is 11.9 Å². The molecule has 1 N–H and O–H groups in total. The molecule has 1 amide bonds. The first-order chi connectivity index (χ1) is 11.6. The molecule has 0 unspecified atom stereocenters. The number of nitrogens with zero attached hydrogens (tertiary/aromatic N) is 2. The van der Waals surface area contributed by atoms with Gasteiger partial charge in [0.05, 0.1) is 12.0 Å². The van der Waals surface area contributed by atoms with Crippen molar-refractivity contribution < 1.29 is 19.4 Å². The maximum atomic E-state index is 12.4. The molecule has 24 heavy (non-hydrogen) atoms. The first-order valence-electron chi connectivity index (χ1n) is 9.44. The summed E-state index contributed by atoms with van der Waals surface area (Å²) in [6.45, 7) is 4.27. The third-order valence-electron chi connectivity index (χ3n) is 6.91. The topological polar surface area (TPSA) is 70.1 Å². The van der Waals surface area contributed by atoms with Gasteiger partial charge in [0, 0.05) is 50.7 Å². The fourth-order valence-electron chi connectivity index (χ4n) is 4.98. The number of carbonyl (C=O) groups is 2. The first kappa shape index (κ1) is 16.3. The van der Waals surface area contributed by atoms with Crippen molar-refractivity contribution in [2.24, 2.45) is 17.3 Å². The highest BCUT2D eigenvalue weighted by molar-refractivity contribution is 5.79. The Morgan fingerprint density at radius 3 is 2.46 bits per heavy atom. The number of carboxylic acid groups (broad SMARTS) is 1. The van der Waals surface area contributed by atoms with E-state index < -0.39 is 11.4 Å². The van der Waals surface area contributed by atoms with Crippen LogP contribution in [0.4, 0.5) is 0 Å². The molecular formula is C18H28N2O4. The van der Waals surface area contributed by atoms with Crippen LogP contribution in [-0.4, -0.2) is 72.2 Å². The van der Waals surface area contributed by atoms with Crippen molar-refractivity contribution in [3.8, 4) is 0 Å². The highest BCUT2D eigenvalue weighted by Crippen LogP contribution is 2.44. The minimum Gasteiger partial charge on any atom is -0.481 e. The summed E-state index contributed by atoms with van der Waals surface area (Å²) in [5, 5.41) is 9.79. The Balaban J connectivity index is 1.36. The number of carboxylic acids is 1. The molecule has 4 fully saturated rings. The molecule has 4 aliphatic rings. The summed E-state index contributed by atoms with van der Waals surface area (Å²) < 4.78 is 5.55. The minimum absolute atomic E-state index is 0.110. The molecule has 3 aliphatic heterocycles. The Bertz CT molecular complexity index is 513. The summed E-state index contributed by atoms with van der Waals surface area (Å²) in [4.78, 5) is 28.7. The molecule has 1 saturated carbocycles. The molecule has 6 nitrogen and oxygen atoms in total. The van der Waals surface area contributed by atoms with E-state index in [-0.39, 0.29) is 11.8 Å². The fourth-order valence-corrected chi connectivity index (χ4v) is 4.98. The molecule has 6 heteroatoms. The van der Waals surface area contributed by atoms with E-state index in [9.17, 15) is 14.7 Å². The van der Waals surface area contributed by atoms with Crippen LogP contribution < -0.4 is 0 Å². The number of rotatable bonds is 3. The normalized spacial score (nSPS) is 35.5.